The third-order valence-corrected chi connectivity index (χ3v) is 8.36. The van der Waals surface area contributed by atoms with Gasteiger partial charge in [-0.3, -0.25) is 9.59 Å². The van der Waals surface area contributed by atoms with Gasteiger partial charge in [-0.05, 0) is 74.1 Å². The number of benzene rings is 3. The molecule has 2 atom stereocenters. The van der Waals surface area contributed by atoms with Crippen LogP contribution < -0.4 is 10.6 Å². The van der Waals surface area contributed by atoms with Gasteiger partial charge in [-0.2, -0.15) is 13.2 Å². The lowest BCUT2D eigenvalue weighted by atomic mass is 9.78. The summed E-state index contributed by atoms with van der Waals surface area (Å²) in [5, 5.41) is 6.04. The van der Waals surface area contributed by atoms with Crippen LogP contribution in [-0.4, -0.2) is 35.8 Å². The van der Waals surface area contributed by atoms with Crippen LogP contribution >= 0.6 is 0 Å². The first-order chi connectivity index (χ1) is 20.4. The Morgan fingerprint density at radius 2 is 1.69 bits per heavy atom. The van der Waals surface area contributed by atoms with Crippen LogP contribution in [0.1, 0.15) is 72.0 Å². The normalized spacial score (nSPS) is 20.6. The molecule has 2 aliphatic rings. The topological polar surface area (TPSA) is 61.4 Å². The molecule has 2 unspecified atom stereocenters. The van der Waals surface area contributed by atoms with Crippen molar-refractivity contribution in [1.29, 1.82) is 0 Å². The molecule has 0 bridgehead atoms. The molecule has 2 fully saturated rings. The summed E-state index contributed by atoms with van der Waals surface area (Å²) in [6.07, 6.45) is -0.963. The zero-order chi connectivity index (χ0) is 30.9. The summed E-state index contributed by atoms with van der Waals surface area (Å²) in [5.41, 5.74) is 1.13. The number of halogens is 4. The summed E-state index contributed by atoms with van der Waals surface area (Å²) < 4.78 is 64.4. The molecule has 2 amide bonds. The number of carbonyl (C=O) groups is 2. The number of alkyl halides is 3. The van der Waals surface area contributed by atoms with E-state index in [-0.39, 0.29) is 29.9 Å². The summed E-state index contributed by atoms with van der Waals surface area (Å²) in [6, 6.07) is 14.6. The number of amides is 2. The van der Waals surface area contributed by atoms with Gasteiger partial charge in [-0.15, -0.1) is 0 Å². The number of para-hydroxylation sites is 1. The Kier molecular flexibility index (Phi) is 8.18. The van der Waals surface area contributed by atoms with Gasteiger partial charge in [0.2, 0.25) is 5.91 Å². The minimum Gasteiger partial charge on any atom is -0.382 e. The Morgan fingerprint density at radius 3 is 2.40 bits per heavy atom. The molecular formula is C33H35F4N3O2. The number of rotatable bonds is 6. The Labute approximate surface area is 244 Å². The first-order valence-electron chi connectivity index (χ1n) is 14.8. The highest BCUT2D eigenvalue weighted by Gasteiger charge is 2.39. The zero-order valence-corrected chi connectivity index (χ0v) is 23.7. The third-order valence-electron chi connectivity index (χ3n) is 8.36. The smallest absolute Gasteiger partial charge is 0.382 e. The predicted molar refractivity (Wildman–Crippen MR) is 155 cm³/mol. The summed E-state index contributed by atoms with van der Waals surface area (Å²) in [4.78, 5) is 28.9. The summed E-state index contributed by atoms with van der Waals surface area (Å²) in [5.74, 6) is -3.00. The van der Waals surface area contributed by atoms with Crippen molar-refractivity contribution in [3.8, 4) is 0 Å². The number of aryl methyl sites for hydroxylation is 2. The maximum atomic E-state index is 14.7. The van der Waals surface area contributed by atoms with E-state index in [1.807, 2.05) is 24.3 Å². The second-order valence-corrected chi connectivity index (χ2v) is 11.2. The van der Waals surface area contributed by atoms with Crippen molar-refractivity contribution in [2.75, 3.05) is 23.7 Å². The first kappa shape index (κ1) is 28.2. The Bertz CT molecular complexity index is 1500. The molecule has 1 saturated carbocycles. The van der Waals surface area contributed by atoms with Crippen molar-refractivity contribution in [3.05, 3.63) is 94.3 Å². The molecule has 0 radical (unpaired) electrons. The molecule has 222 valence electrons. The molecule has 0 aromatic heterocycles. The molecule has 2 N–H and O–H groups in total. The van der Waals surface area contributed by atoms with E-state index in [0.29, 0.717) is 24.8 Å². The average molecular weight is 583 g/mol. The highest BCUT2D eigenvalue weighted by molar-refractivity contribution is 5.98. The van der Waals surface area contributed by atoms with Crippen molar-refractivity contribution < 1.29 is 28.5 Å². The van der Waals surface area contributed by atoms with E-state index >= 15 is 0 Å². The summed E-state index contributed by atoms with van der Waals surface area (Å²) in [7, 11) is 0. The average Bonchev–Trinajstić information content (AvgIpc) is 3.39. The molecule has 1 aliphatic carbocycles. The Morgan fingerprint density at radius 1 is 0.952 bits per heavy atom. The largest absolute Gasteiger partial charge is 0.416 e. The van der Waals surface area contributed by atoms with Crippen LogP contribution in [-0.2, 0) is 11.0 Å². The minimum absolute atomic E-state index is 0.00227. The molecule has 1 heterocycles. The van der Waals surface area contributed by atoms with Gasteiger partial charge in [0.05, 0.1) is 18.4 Å². The van der Waals surface area contributed by atoms with E-state index < -0.39 is 47.2 Å². The van der Waals surface area contributed by atoms with Crippen molar-refractivity contribution in [1.82, 2.24) is 4.90 Å². The van der Waals surface area contributed by atoms with E-state index in [2.05, 4.69) is 10.6 Å². The predicted octanol–water partition coefficient (Wildman–Crippen LogP) is 7.70. The van der Waals surface area contributed by atoms with Crippen LogP contribution in [0.15, 0.2) is 60.7 Å². The second kappa shape index (κ2) is 12.2. The van der Waals surface area contributed by atoms with E-state index in [1.165, 1.54) is 36.1 Å². The summed E-state index contributed by atoms with van der Waals surface area (Å²) in [6.45, 7) is 3.20. The van der Waals surface area contributed by atoms with Crippen molar-refractivity contribution in [2.24, 2.45) is 5.92 Å². The molecule has 3 aromatic carbocycles. The van der Waals surface area contributed by atoms with Gasteiger partial charge in [0.25, 0.3) is 5.91 Å². The van der Waals surface area contributed by atoms with E-state index in [1.54, 1.807) is 13.0 Å². The maximum Gasteiger partial charge on any atom is 0.416 e. The van der Waals surface area contributed by atoms with Crippen LogP contribution in [0.3, 0.4) is 0 Å². The van der Waals surface area contributed by atoms with Crippen LogP contribution in [0.5, 0.6) is 0 Å². The third kappa shape index (κ3) is 6.30. The van der Waals surface area contributed by atoms with Crippen LogP contribution in [0.25, 0.3) is 0 Å². The van der Waals surface area contributed by atoms with Crippen LogP contribution in [0.2, 0.25) is 0 Å². The van der Waals surface area contributed by atoms with Crippen LogP contribution in [0, 0.1) is 25.6 Å². The maximum absolute atomic E-state index is 14.7. The Hall–Kier alpha value is -3.88. The number of nitrogens with zero attached hydrogens (tertiary/aromatic N) is 1. The van der Waals surface area contributed by atoms with Gasteiger partial charge < -0.3 is 15.5 Å². The molecule has 42 heavy (non-hydrogen) atoms. The molecule has 5 nitrogen and oxygen atoms in total. The molecule has 3 aromatic rings. The van der Waals surface area contributed by atoms with E-state index in [9.17, 15) is 27.2 Å². The SMILES string of the molecule is [2H]C1(Nc2ccccc2C2CCN(C(=O)c3c(C)cccc3F)CC2C(=O)Nc2ccc(C)c(C(F)(F)F)c2)CCCC1. The lowest BCUT2D eigenvalue weighted by Crippen LogP contribution is -2.47. The molecule has 1 saturated heterocycles. The van der Waals surface area contributed by atoms with Gasteiger partial charge in [0, 0.05) is 36.4 Å². The molecule has 5 rings (SSSR count). The number of anilines is 2. The second-order valence-electron chi connectivity index (χ2n) is 11.2. The number of likely N-dealkylation sites (tertiary alicyclic amines) is 1. The van der Waals surface area contributed by atoms with Gasteiger partial charge in [0.15, 0.2) is 0 Å². The fourth-order valence-corrected chi connectivity index (χ4v) is 6.13. The van der Waals surface area contributed by atoms with Gasteiger partial charge in [-0.1, -0.05) is 49.2 Å². The number of carbonyl (C=O) groups excluding carboxylic acids is 2. The highest BCUT2D eigenvalue weighted by atomic mass is 19.4. The van der Waals surface area contributed by atoms with Crippen molar-refractivity contribution in [3.63, 3.8) is 0 Å². The molecule has 9 heteroatoms. The number of nitrogens with one attached hydrogen (secondary N) is 2. The number of piperidine rings is 1. The molecule has 0 spiro atoms. The first-order valence-corrected chi connectivity index (χ1v) is 14.3. The van der Waals surface area contributed by atoms with Gasteiger partial charge in [0.1, 0.15) is 5.82 Å². The zero-order valence-electron chi connectivity index (χ0n) is 24.7. The summed E-state index contributed by atoms with van der Waals surface area (Å²) >= 11 is 0. The fourth-order valence-electron chi connectivity index (χ4n) is 6.13. The standard InChI is InChI=1S/C33H35F4N3O2/c1-20-14-15-23(18-27(20)33(35,36)37)39-31(41)26-19-40(32(42)30-21(2)8-7-12-28(30)34)17-16-24(26)25-11-5-6-13-29(25)38-22-9-3-4-10-22/h5-8,11-15,18,22,24,26,38H,3-4,9-10,16-17,19H2,1-2H3,(H,39,41)/i22D. The van der Waals surface area contributed by atoms with Crippen molar-refractivity contribution >= 4 is 23.2 Å². The van der Waals surface area contributed by atoms with Crippen LogP contribution in [0.4, 0.5) is 28.9 Å². The Balaban J connectivity index is 1.49. The van der Waals surface area contributed by atoms with Crippen molar-refractivity contribution in [2.45, 2.75) is 64.1 Å². The van der Waals surface area contributed by atoms with Gasteiger partial charge in [-0.25, -0.2) is 4.39 Å². The van der Waals surface area contributed by atoms with E-state index in [0.717, 1.165) is 30.2 Å². The minimum atomic E-state index is -4.59. The molecular weight excluding hydrogens is 546 g/mol. The lowest BCUT2D eigenvalue weighted by molar-refractivity contribution is -0.138. The number of hydrogen-bond donors (Lipinski definition) is 2. The quantitative estimate of drug-likeness (QED) is 0.293. The molecule has 1 aliphatic heterocycles. The van der Waals surface area contributed by atoms with E-state index in [4.69, 9.17) is 1.37 Å². The van der Waals surface area contributed by atoms with Gasteiger partial charge >= 0.3 is 6.18 Å². The monoisotopic (exact) mass is 582 g/mol. The fraction of sp³-hybridized carbons (Fsp3) is 0.394. The lowest BCUT2D eigenvalue weighted by Gasteiger charge is -2.39. The highest BCUT2D eigenvalue weighted by Crippen LogP contribution is 2.40. The number of hydrogen-bond acceptors (Lipinski definition) is 3.